The molecule has 0 heterocycles. The van der Waals surface area contributed by atoms with E-state index in [1.54, 1.807) is 0 Å². The Morgan fingerprint density at radius 2 is 0.512 bits per heavy atom. The minimum absolute atomic E-state index is 0.0430. The van der Waals surface area contributed by atoms with Gasteiger partial charge in [-0.15, -0.1) is 0 Å². The number of hydrogen-bond acceptors (Lipinski definition) is 3. The van der Waals surface area contributed by atoms with Crippen LogP contribution < -0.4 is 5.32 Å². The van der Waals surface area contributed by atoms with Gasteiger partial charge < -0.3 is 15.5 Å². The molecular weight excluding hydrogens is 1050 g/mol. The van der Waals surface area contributed by atoms with E-state index < -0.39 is 12.1 Å². The summed E-state index contributed by atoms with van der Waals surface area (Å²) in [6.07, 6.45) is 117. The van der Waals surface area contributed by atoms with E-state index in [1.165, 1.54) is 225 Å². The third-order valence-electron chi connectivity index (χ3n) is 16.7. The number of aliphatic hydroxyl groups excluding tert-OH is 2. The summed E-state index contributed by atoms with van der Waals surface area (Å²) in [6, 6.07) is -0.554. The third kappa shape index (κ3) is 71.3. The van der Waals surface area contributed by atoms with E-state index in [9.17, 15) is 15.0 Å². The molecule has 86 heavy (non-hydrogen) atoms. The minimum atomic E-state index is -0.676. The van der Waals surface area contributed by atoms with E-state index in [0.29, 0.717) is 12.8 Å². The van der Waals surface area contributed by atoms with Crippen molar-refractivity contribution in [2.75, 3.05) is 6.61 Å². The van der Waals surface area contributed by atoms with Crippen LogP contribution in [-0.4, -0.2) is 34.9 Å². The van der Waals surface area contributed by atoms with Crippen LogP contribution >= 0.6 is 0 Å². The maximum atomic E-state index is 12.6. The average molecular weight is 1190 g/mol. The normalized spacial score (nSPS) is 13.5. The second kappa shape index (κ2) is 75.8. The number of rotatable bonds is 68. The van der Waals surface area contributed by atoms with Gasteiger partial charge in [-0.05, 0) is 96.3 Å². The van der Waals surface area contributed by atoms with Crippen LogP contribution in [0.2, 0.25) is 0 Å². The number of allylic oxidation sites excluding steroid dienone is 22. The van der Waals surface area contributed by atoms with Gasteiger partial charge in [0.1, 0.15) is 0 Å². The molecule has 0 aromatic rings. The van der Waals surface area contributed by atoms with Crippen molar-refractivity contribution in [1.82, 2.24) is 5.32 Å². The van der Waals surface area contributed by atoms with Crippen LogP contribution in [0.5, 0.6) is 0 Å². The zero-order valence-corrected chi connectivity index (χ0v) is 57.0. The summed E-state index contributed by atoms with van der Waals surface area (Å²) in [5.41, 5.74) is 0. The molecule has 0 aliphatic carbocycles. The van der Waals surface area contributed by atoms with Gasteiger partial charge in [0.25, 0.3) is 0 Å². The fourth-order valence-corrected chi connectivity index (χ4v) is 11.1. The Kier molecular flexibility index (Phi) is 72.7. The highest BCUT2D eigenvalue weighted by atomic mass is 16.3. The molecule has 0 radical (unpaired) electrons. The van der Waals surface area contributed by atoms with Gasteiger partial charge in [-0.2, -0.15) is 0 Å². The maximum absolute atomic E-state index is 12.6. The molecular formula is C82H143NO3. The summed E-state index contributed by atoms with van der Waals surface area (Å²) in [5, 5.41) is 23.5. The number of unbranched alkanes of at least 4 members (excludes halogenated alkanes) is 39. The van der Waals surface area contributed by atoms with Crippen LogP contribution in [0.4, 0.5) is 0 Å². The smallest absolute Gasteiger partial charge is 0.220 e. The minimum Gasteiger partial charge on any atom is -0.394 e. The van der Waals surface area contributed by atoms with Gasteiger partial charge in [0, 0.05) is 6.42 Å². The highest BCUT2D eigenvalue weighted by Gasteiger charge is 2.20. The van der Waals surface area contributed by atoms with Crippen LogP contribution in [0.3, 0.4) is 0 Å². The van der Waals surface area contributed by atoms with E-state index in [-0.39, 0.29) is 12.5 Å². The summed E-state index contributed by atoms with van der Waals surface area (Å²) in [7, 11) is 0. The summed E-state index contributed by atoms with van der Waals surface area (Å²) in [4.78, 5) is 12.6. The summed E-state index contributed by atoms with van der Waals surface area (Å²) in [5.74, 6) is -0.0430. The molecule has 4 nitrogen and oxygen atoms in total. The van der Waals surface area contributed by atoms with Gasteiger partial charge >= 0.3 is 0 Å². The van der Waals surface area contributed by atoms with Crippen LogP contribution in [-0.2, 0) is 4.79 Å². The lowest BCUT2D eigenvalue weighted by molar-refractivity contribution is -0.123. The molecule has 0 spiro atoms. The lowest BCUT2D eigenvalue weighted by Crippen LogP contribution is -2.45. The number of hydrogen-bond donors (Lipinski definition) is 3. The van der Waals surface area contributed by atoms with Crippen molar-refractivity contribution in [3.63, 3.8) is 0 Å². The Labute approximate surface area is 536 Å². The molecule has 0 saturated carbocycles. The Balaban J connectivity index is 3.54. The highest BCUT2D eigenvalue weighted by molar-refractivity contribution is 5.76. The molecule has 2 atom stereocenters. The van der Waals surface area contributed by atoms with Crippen molar-refractivity contribution < 1.29 is 15.0 Å². The molecule has 2 unspecified atom stereocenters. The van der Waals surface area contributed by atoms with Crippen molar-refractivity contribution in [1.29, 1.82) is 0 Å². The molecule has 1 amide bonds. The SMILES string of the molecule is CC/C=C\C/C=C\C/C=C\C/C=C\C/C=C\C/C=C\C/C=C\C/C=C\C/C=C\C/C=C\C/C=C\CCCCCCCCCC(=O)NC(CO)C(O)CCCCCCCCCCCCCCCCCCCCCCCCCCCCCCCCCCC. The predicted molar refractivity (Wildman–Crippen MR) is 386 cm³/mol. The second-order valence-corrected chi connectivity index (χ2v) is 25.0. The van der Waals surface area contributed by atoms with Gasteiger partial charge in [0.2, 0.25) is 5.91 Å². The first kappa shape index (κ1) is 82.5. The zero-order valence-electron chi connectivity index (χ0n) is 57.0. The zero-order chi connectivity index (χ0) is 61.9. The maximum Gasteiger partial charge on any atom is 0.220 e. The summed E-state index contributed by atoms with van der Waals surface area (Å²) >= 11 is 0. The first-order valence-electron chi connectivity index (χ1n) is 37.4. The fourth-order valence-electron chi connectivity index (χ4n) is 11.1. The van der Waals surface area contributed by atoms with Gasteiger partial charge in [0.15, 0.2) is 0 Å². The molecule has 0 aliphatic rings. The van der Waals surface area contributed by atoms with Gasteiger partial charge in [-0.25, -0.2) is 0 Å². The molecule has 494 valence electrons. The van der Waals surface area contributed by atoms with Gasteiger partial charge in [0.05, 0.1) is 18.8 Å². The molecule has 0 aliphatic heterocycles. The molecule has 0 fully saturated rings. The molecule has 3 N–H and O–H groups in total. The number of aliphatic hydroxyl groups is 2. The lowest BCUT2D eigenvalue weighted by atomic mass is 10.0. The first-order chi connectivity index (χ1) is 42.7. The van der Waals surface area contributed by atoms with Crippen LogP contribution in [0.1, 0.15) is 361 Å². The van der Waals surface area contributed by atoms with E-state index in [4.69, 9.17) is 0 Å². The van der Waals surface area contributed by atoms with Crippen LogP contribution in [0.15, 0.2) is 134 Å². The first-order valence-corrected chi connectivity index (χ1v) is 37.4. The fraction of sp³-hybridized carbons (Fsp3) is 0.720. The van der Waals surface area contributed by atoms with Crippen molar-refractivity contribution in [2.24, 2.45) is 0 Å². The van der Waals surface area contributed by atoms with E-state index >= 15 is 0 Å². The molecule has 4 heteroatoms. The third-order valence-corrected chi connectivity index (χ3v) is 16.7. The highest BCUT2D eigenvalue weighted by Crippen LogP contribution is 2.19. The summed E-state index contributed by atoms with van der Waals surface area (Å²) in [6.45, 7) is 4.27. The Morgan fingerprint density at radius 1 is 0.291 bits per heavy atom. The second-order valence-electron chi connectivity index (χ2n) is 25.0. The lowest BCUT2D eigenvalue weighted by Gasteiger charge is -2.22. The van der Waals surface area contributed by atoms with E-state index in [2.05, 4.69) is 153 Å². The number of nitrogens with one attached hydrogen (secondary N) is 1. The number of carbonyl (C=O) groups is 1. The standard InChI is InChI=1S/C82H143NO3/c1-3-5-7-9-11-13-15-17-19-21-23-25-27-29-31-33-35-37-38-39-40-41-42-43-44-46-48-50-52-54-56-58-60-62-64-66-68-70-72-74-76-78-82(86)83-80(79-84)81(85)77-75-73-71-69-67-65-63-61-59-57-55-53-51-49-47-45-36-34-32-30-28-26-24-22-20-18-16-14-12-10-8-6-4-2/h5,7,11,13,17,19,23,25,29,31,35,37,39-40,42-43,46,48,52,54,58,60,80-81,84-85H,3-4,6,8-10,12,14-16,18,20-22,24,26-28,30,32-34,36,38,41,44-45,47,49-51,53,55-57,59,61-79H2,1-2H3,(H,83,86)/b7-5-,13-11-,19-17-,25-23-,31-29-,37-35-,40-39-,43-42-,48-46-,54-52-,60-58-. The van der Waals surface area contributed by atoms with Crippen LogP contribution in [0.25, 0.3) is 0 Å². The molecule has 0 bridgehead atoms. The van der Waals surface area contributed by atoms with Crippen molar-refractivity contribution in [3.05, 3.63) is 134 Å². The van der Waals surface area contributed by atoms with Crippen molar-refractivity contribution in [3.8, 4) is 0 Å². The molecule has 0 aromatic heterocycles. The largest absolute Gasteiger partial charge is 0.394 e. The average Bonchev–Trinajstić information content (AvgIpc) is 3.59. The molecule has 0 saturated heterocycles. The Morgan fingerprint density at radius 3 is 0.767 bits per heavy atom. The molecule has 0 rings (SSSR count). The van der Waals surface area contributed by atoms with E-state index in [0.717, 1.165) is 109 Å². The Hall–Kier alpha value is -3.47. The molecule has 0 aromatic carbocycles. The van der Waals surface area contributed by atoms with Gasteiger partial charge in [-0.3, -0.25) is 4.79 Å². The summed E-state index contributed by atoms with van der Waals surface area (Å²) < 4.78 is 0. The topological polar surface area (TPSA) is 69.6 Å². The van der Waals surface area contributed by atoms with Gasteiger partial charge in [-0.1, -0.05) is 392 Å². The van der Waals surface area contributed by atoms with Crippen molar-refractivity contribution >= 4 is 5.91 Å². The number of carbonyl (C=O) groups excluding carboxylic acids is 1. The quantitative estimate of drug-likeness (QED) is 0.0420. The monoisotopic (exact) mass is 1190 g/mol. The number of amides is 1. The van der Waals surface area contributed by atoms with Crippen LogP contribution in [0, 0.1) is 0 Å². The van der Waals surface area contributed by atoms with E-state index in [1.807, 2.05) is 0 Å². The van der Waals surface area contributed by atoms with Crippen molar-refractivity contribution in [2.45, 2.75) is 373 Å². The predicted octanol–water partition coefficient (Wildman–Crippen LogP) is 26.0. The Bertz CT molecular complexity index is 1690.